The summed E-state index contributed by atoms with van der Waals surface area (Å²) in [6.07, 6.45) is -0.989. The van der Waals surface area contributed by atoms with E-state index in [9.17, 15) is 9.59 Å². The molecule has 2 aliphatic heterocycles. The number of amides is 2. The van der Waals surface area contributed by atoms with E-state index >= 15 is 0 Å². The third-order valence-electron chi connectivity index (χ3n) is 4.21. The van der Waals surface area contributed by atoms with Gasteiger partial charge in [-0.05, 0) is 26.3 Å². The van der Waals surface area contributed by atoms with E-state index in [1.54, 1.807) is 0 Å². The van der Waals surface area contributed by atoms with Crippen LogP contribution < -0.4 is 5.48 Å². The second kappa shape index (κ2) is 7.22. The predicted octanol–water partition coefficient (Wildman–Crippen LogP) is 2.33. The van der Waals surface area contributed by atoms with E-state index in [-0.39, 0.29) is 36.1 Å². The Balaban J connectivity index is 1.47. The van der Waals surface area contributed by atoms with Crippen molar-refractivity contribution in [2.75, 3.05) is 19.8 Å². The highest BCUT2D eigenvalue weighted by molar-refractivity contribution is 5.65. The lowest BCUT2D eigenvalue weighted by Gasteiger charge is -2.32. The third kappa shape index (κ3) is 4.72. The monoisotopic (exact) mass is 365 g/mol. The van der Waals surface area contributed by atoms with E-state index in [0.717, 1.165) is 5.56 Å². The van der Waals surface area contributed by atoms with E-state index in [2.05, 4.69) is 5.48 Å². The van der Waals surface area contributed by atoms with E-state index in [1.165, 1.54) is 0 Å². The molecule has 1 aromatic rings. The van der Waals surface area contributed by atoms with Crippen LogP contribution in [0.2, 0.25) is 0 Å². The number of fused-ring (bicyclic) bond motifs is 1. The van der Waals surface area contributed by atoms with Crippen molar-refractivity contribution in [3.05, 3.63) is 35.9 Å². The quantitative estimate of drug-likeness (QED) is 0.490. The number of ether oxygens (including phenoxy) is 3. The molecule has 3 rings (SSSR count). The molecule has 1 N–H and O–H groups in total. The highest BCUT2D eigenvalue weighted by Crippen LogP contribution is 2.37. The molecule has 2 fully saturated rings. The van der Waals surface area contributed by atoms with Crippen LogP contribution in [0.1, 0.15) is 26.3 Å². The van der Waals surface area contributed by atoms with Gasteiger partial charge in [0, 0.05) is 0 Å². The number of carbonyl (C=O) groups excluding carboxylic acids is 2. The van der Waals surface area contributed by atoms with Gasteiger partial charge >= 0.3 is 12.2 Å². The fourth-order valence-corrected chi connectivity index (χ4v) is 2.90. The van der Waals surface area contributed by atoms with Crippen LogP contribution in [0.15, 0.2) is 30.3 Å². The Morgan fingerprint density at radius 1 is 1.19 bits per heavy atom. The zero-order valence-corrected chi connectivity index (χ0v) is 15.3. The van der Waals surface area contributed by atoms with Crippen molar-refractivity contribution in [2.24, 2.45) is 0 Å². The van der Waals surface area contributed by atoms with Crippen molar-refractivity contribution in [3.8, 4) is 0 Å². The normalized spacial score (nSPS) is 26.7. The van der Waals surface area contributed by atoms with E-state index in [0.29, 0.717) is 13.1 Å². The summed E-state index contributed by atoms with van der Waals surface area (Å²) >= 11 is 0. The molecule has 2 atom stereocenters. The molecule has 0 saturated carbocycles. The number of hydroxylamine groups is 1. The lowest BCUT2D eigenvalue weighted by Crippen LogP contribution is -2.57. The number of quaternary nitrogens is 1. The number of likely N-dealkylation sites (tertiary alicyclic amines) is 1. The first-order chi connectivity index (χ1) is 12.3. The molecular formula is C18H25N2O6+. The Hall–Kier alpha value is -2.16. The Kier molecular flexibility index (Phi) is 5.17. The topological polar surface area (TPSA) is 86.4 Å². The van der Waals surface area contributed by atoms with Gasteiger partial charge in [0.15, 0.2) is 0 Å². The highest BCUT2D eigenvalue weighted by Gasteiger charge is 2.62. The first-order valence-electron chi connectivity index (χ1n) is 8.61. The second-order valence-corrected chi connectivity index (χ2v) is 7.64. The van der Waals surface area contributed by atoms with Gasteiger partial charge in [0.2, 0.25) is 6.73 Å². The molecule has 8 heteroatoms. The molecule has 2 amide bonds. The number of carbonyl (C=O) groups is 2. The lowest BCUT2D eigenvalue weighted by molar-refractivity contribution is -0.874. The molecule has 2 heterocycles. The number of benzene rings is 1. The average molecular weight is 365 g/mol. The Morgan fingerprint density at radius 2 is 1.85 bits per heavy atom. The van der Waals surface area contributed by atoms with Gasteiger partial charge < -0.3 is 14.2 Å². The Morgan fingerprint density at radius 3 is 2.46 bits per heavy atom. The fraction of sp³-hybridized carbons (Fsp3) is 0.556. The molecule has 2 saturated heterocycles. The van der Waals surface area contributed by atoms with Gasteiger partial charge in [0.25, 0.3) is 0 Å². The maximum absolute atomic E-state index is 12.6. The van der Waals surface area contributed by atoms with Gasteiger partial charge in [0.1, 0.15) is 37.5 Å². The van der Waals surface area contributed by atoms with Gasteiger partial charge in [-0.15, -0.1) is 0 Å². The number of epoxide rings is 1. The summed E-state index contributed by atoms with van der Waals surface area (Å²) in [6, 6.07) is 9.32. The van der Waals surface area contributed by atoms with Crippen molar-refractivity contribution in [2.45, 2.75) is 45.2 Å². The van der Waals surface area contributed by atoms with Gasteiger partial charge in [-0.2, -0.15) is 14.8 Å². The smallest absolute Gasteiger partial charge is 0.443 e. The van der Waals surface area contributed by atoms with Crippen LogP contribution in [0.4, 0.5) is 9.59 Å². The van der Waals surface area contributed by atoms with Crippen LogP contribution >= 0.6 is 0 Å². The summed E-state index contributed by atoms with van der Waals surface area (Å²) in [7, 11) is 0. The molecule has 0 aliphatic carbocycles. The van der Waals surface area contributed by atoms with E-state index < -0.39 is 11.7 Å². The Bertz CT molecular complexity index is 647. The van der Waals surface area contributed by atoms with Gasteiger partial charge in [0.05, 0.1) is 0 Å². The highest BCUT2D eigenvalue weighted by atomic mass is 16.7. The van der Waals surface area contributed by atoms with Crippen LogP contribution in [0.3, 0.4) is 0 Å². The largest absolute Gasteiger partial charge is 0.518 e. The predicted molar refractivity (Wildman–Crippen MR) is 90.6 cm³/mol. The number of hydrogen-bond donors (Lipinski definition) is 1. The van der Waals surface area contributed by atoms with Crippen LogP contribution in [0, 0.1) is 0 Å². The molecule has 2 unspecified atom stereocenters. The zero-order valence-electron chi connectivity index (χ0n) is 15.3. The third-order valence-corrected chi connectivity index (χ3v) is 4.21. The Labute approximate surface area is 152 Å². The fourth-order valence-electron chi connectivity index (χ4n) is 2.90. The minimum atomic E-state index is -0.711. The number of rotatable bonds is 5. The zero-order chi connectivity index (χ0) is 18.8. The summed E-state index contributed by atoms with van der Waals surface area (Å²) < 4.78 is 16.0. The molecule has 0 radical (unpaired) electrons. The van der Waals surface area contributed by atoms with Crippen LogP contribution in [-0.2, 0) is 25.7 Å². The molecule has 26 heavy (non-hydrogen) atoms. The molecule has 0 bridgehead atoms. The molecular weight excluding hydrogens is 340 g/mol. The van der Waals surface area contributed by atoms with Crippen molar-refractivity contribution in [1.82, 2.24) is 5.48 Å². The molecule has 142 valence electrons. The van der Waals surface area contributed by atoms with Crippen molar-refractivity contribution in [1.29, 1.82) is 0 Å². The summed E-state index contributed by atoms with van der Waals surface area (Å²) in [5.74, 6) is 0. The van der Waals surface area contributed by atoms with Crippen LogP contribution in [0.25, 0.3) is 0 Å². The molecule has 8 nitrogen and oxygen atoms in total. The van der Waals surface area contributed by atoms with Crippen LogP contribution in [-0.4, -0.2) is 54.3 Å². The average Bonchev–Trinajstić information content (AvgIpc) is 3.19. The first-order valence-corrected chi connectivity index (χ1v) is 8.61. The van der Waals surface area contributed by atoms with Crippen molar-refractivity contribution in [3.63, 3.8) is 0 Å². The first kappa shape index (κ1) is 18.6. The minimum Gasteiger partial charge on any atom is -0.443 e. The van der Waals surface area contributed by atoms with Crippen LogP contribution in [0.5, 0.6) is 0 Å². The summed E-state index contributed by atoms with van der Waals surface area (Å²) in [5, 5.41) is 0. The maximum Gasteiger partial charge on any atom is 0.518 e. The molecule has 1 aromatic carbocycles. The van der Waals surface area contributed by atoms with Gasteiger partial charge in [-0.1, -0.05) is 30.3 Å². The van der Waals surface area contributed by atoms with E-state index in [1.807, 2.05) is 51.1 Å². The lowest BCUT2D eigenvalue weighted by atomic mass is 10.2. The van der Waals surface area contributed by atoms with Crippen molar-refractivity contribution >= 4 is 12.2 Å². The number of morpholine rings is 1. The second-order valence-electron chi connectivity index (χ2n) is 7.64. The minimum absolute atomic E-state index is 0.0360. The maximum atomic E-state index is 12.6. The SMILES string of the molecule is CC(C)(C)OC(=O)[N+]1(CONC(=O)OCc2ccccc2)CC2OC2C1. The summed E-state index contributed by atoms with van der Waals surface area (Å²) in [6.45, 7) is 6.49. The molecule has 0 spiro atoms. The number of hydrogen-bond acceptors (Lipinski definition) is 6. The standard InChI is InChI=1S/C18H24N2O6/c1-18(2,3)26-17(22)20(9-14-15(10-20)25-14)12-24-19-16(21)23-11-13-7-5-4-6-8-13/h4-8,14-15H,9-12H2,1-3H3/p+1. The molecule has 0 aromatic heterocycles. The van der Waals surface area contributed by atoms with Gasteiger partial charge in [-0.25, -0.2) is 9.63 Å². The van der Waals surface area contributed by atoms with Gasteiger partial charge in [-0.3, -0.25) is 0 Å². The molecule has 2 aliphatic rings. The summed E-state index contributed by atoms with van der Waals surface area (Å²) in [4.78, 5) is 29.6. The number of nitrogens with one attached hydrogen (secondary N) is 1. The van der Waals surface area contributed by atoms with Crippen molar-refractivity contribution < 1.29 is 33.1 Å². The van der Waals surface area contributed by atoms with E-state index in [4.69, 9.17) is 19.0 Å². The number of nitrogens with zero attached hydrogens (tertiary/aromatic N) is 1. The summed E-state index contributed by atoms with van der Waals surface area (Å²) in [5.41, 5.74) is 2.50.